The molecule has 1 aliphatic heterocycles. The van der Waals surface area contributed by atoms with E-state index in [-0.39, 0.29) is 12.4 Å². The topological polar surface area (TPSA) is 106 Å². The molecule has 1 fully saturated rings. The van der Waals surface area contributed by atoms with Gasteiger partial charge < -0.3 is 17.3 Å². The molecule has 2 rings (SSSR count). The normalized spacial score (nSPS) is 13.8. The van der Waals surface area contributed by atoms with E-state index in [4.69, 9.17) is 22.9 Å². The van der Waals surface area contributed by atoms with Gasteiger partial charge in [0.2, 0.25) is 5.39 Å². The lowest BCUT2D eigenvalue weighted by molar-refractivity contribution is -0.0000107. The first-order valence-electron chi connectivity index (χ1n) is 5.41. The lowest BCUT2D eigenvalue weighted by Crippen LogP contribution is -3.00. The van der Waals surface area contributed by atoms with Crippen LogP contribution in [0.25, 0.3) is 4.98 Å². The maximum absolute atomic E-state index is 8.74. The maximum Gasteiger partial charge on any atom is 0.394 e. The number of hydrogen-bond acceptors (Lipinski definition) is 4. The molecule has 0 unspecified atom stereocenters. The van der Waals surface area contributed by atoms with Crippen molar-refractivity contribution >= 4 is 37.7 Å². The lowest BCUT2D eigenvalue weighted by atomic mass is 10.2. The zero-order valence-electron chi connectivity index (χ0n) is 10.3. The summed E-state index contributed by atoms with van der Waals surface area (Å²) in [5.41, 5.74) is 1.77. The molecule has 1 aliphatic rings. The zero-order valence-corrected chi connectivity index (χ0v) is 13.4. The van der Waals surface area contributed by atoms with E-state index in [1.165, 1.54) is 18.5 Å². The molecule has 20 heavy (non-hydrogen) atoms. The standard InChI is InChI=1S/C10H11BrN3.ClH.H2O4S/c11-9-7-8(13-12)3-4-10(9)14-5-1-2-6-14;;1-5(2,3)4/h3-4,7H,1-2,5-6H2;1H;(H2,1,2,3,4)/q+1;;/p-1. The second kappa shape index (κ2) is 8.39. The van der Waals surface area contributed by atoms with Crippen LogP contribution in [0.1, 0.15) is 12.8 Å². The van der Waals surface area contributed by atoms with Crippen LogP contribution in [0.2, 0.25) is 0 Å². The van der Waals surface area contributed by atoms with Gasteiger partial charge in [-0.15, -0.1) is 0 Å². The third-order valence-corrected chi connectivity index (χ3v) is 3.13. The SMILES string of the molecule is N#[N+]c1ccc(N2CCCC2)c(Br)c1.O=S(=O)(O)O.[Cl-]. The van der Waals surface area contributed by atoms with Crippen molar-refractivity contribution < 1.29 is 29.9 Å². The van der Waals surface area contributed by atoms with Crippen LogP contribution in [-0.4, -0.2) is 30.6 Å². The summed E-state index contributed by atoms with van der Waals surface area (Å²) in [7, 11) is -4.67. The van der Waals surface area contributed by atoms with Crippen LogP contribution in [0.5, 0.6) is 0 Å². The minimum Gasteiger partial charge on any atom is -1.00 e. The Hall–Kier alpha value is -0.920. The Morgan fingerprint density at radius 3 is 2.15 bits per heavy atom. The van der Waals surface area contributed by atoms with Gasteiger partial charge in [-0.05, 0) is 34.8 Å². The fourth-order valence-corrected chi connectivity index (χ4v) is 2.39. The predicted octanol–water partition coefficient (Wildman–Crippen LogP) is -0.115. The molecule has 0 bridgehead atoms. The van der Waals surface area contributed by atoms with Gasteiger partial charge >= 0.3 is 16.1 Å². The van der Waals surface area contributed by atoms with Crippen molar-refractivity contribution in [1.29, 1.82) is 5.39 Å². The number of nitrogens with zero attached hydrogens (tertiary/aromatic N) is 3. The Morgan fingerprint density at radius 1 is 1.25 bits per heavy atom. The first-order valence-corrected chi connectivity index (χ1v) is 7.60. The predicted molar refractivity (Wildman–Crippen MR) is 74.5 cm³/mol. The monoisotopic (exact) mass is 385 g/mol. The summed E-state index contributed by atoms with van der Waals surface area (Å²) in [6, 6.07) is 5.64. The molecule has 2 N–H and O–H groups in total. The average molecular weight is 387 g/mol. The first kappa shape index (κ1) is 19.1. The smallest absolute Gasteiger partial charge is 0.394 e. The van der Waals surface area contributed by atoms with Crippen LogP contribution in [0.15, 0.2) is 22.7 Å². The van der Waals surface area contributed by atoms with Crippen LogP contribution in [0.4, 0.5) is 11.4 Å². The van der Waals surface area contributed by atoms with Gasteiger partial charge in [-0.25, -0.2) is 0 Å². The third-order valence-electron chi connectivity index (χ3n) is 2.49. The van der Waals surface area contributed by atoms with Gasteiger partial charge in [0, 0.05) is 29.7 Å². The van der Waals surface area contributed by atoms with Crippen molar-refractivity contribution in [3.63, 3.8) is 0 Å². The number of hydrogen-bond donors (Lipinski definition) is 2. The highest BCUT2D eigenvalue weighted by molar-refractivity contribution is 9.10. The highest BCUT2D eigenvalue weighted by Gasteiger charge is 2.17. The summed E-state index contributed by atoms with van der Waals surface area (Å²) in [6.07, 6.45) is 2.52. The fraction of sp³-hybridized carbons (Fsp3) is 0.400. The van der Waals surface area contributed by atoms with E-state index in [9.17, 15) is 0 Å². The van der Waals surface area contributed by atoms with E-state index >= 15 is 0 Å². The molecule has 0 atom stereocenters. The van der Waals surface area contributed by atoms with E-state index in [0.29, 0.717) is 5.69 Å². The summed E-state index contributed by atoms with van der Waals surface area (Å²) in [5, 5.41) is 8.61. The molecule has 112 valence electrons. The van der Waals surface area contributed by atoms with Crippen LogP contribution < -0.4 is 17.3 Å². The molecular formula is C10H13BrClN3O4S. The number of anilines is 1. The summed E-state index contributed by atoms with van der Waals surface area (Å²) in [5.74, 6) is 0. The molecule has 0 amide bonds. The molecule has 1 heterocycles. The first-order chi connectivity index (χ1) is 8.81. The summed E-state index contributed by atoms with van der Waals surface area (Å²) in [6.45, 7) is 2.24. The van der Waals surface area contributed by atoms with E-state index in [1.54, 1.807) is 0 Å². The van der Waals surface area contributed by atoms with E-state index < -0.39 is 10.4 Å². The molecule has 1 saturated heterocycles. The van der Waals surface area contributed by atoms with Crippen LogP contribution in [0.3, 0.4) is 0 Å². The molecule has 0 aromatic heterocycles. The van der Waals surface area contributed by atoms with Crippen molar-refractivity contribution in [2.45, 2.75) is 12.8 Å². The molecule has 1 aromatic carbocycles. The minimum atomic E-state index is -4.67. The van der Waals surface area contributed by atoms with Gasteiger partial charge in [0.25, 0.3) is 0 Å². The average Bonchev–Trinajstić information content (AvgIpc) is 2.80. The molecule has 0 saturated carbocycles. The van der Waals surface area contributed by atoms with Crippen molar-refractivity contribution in [3.8, 4) is 0 Å². The lowest BCUT2D eigenvalue weighted by Gasteiger charge is -2.18. The molecule has 10 heteroatoms. The van der Waals surface area contributed by atoms with Crippen LogP contribution >= 0.6 is 15.9 Å². The maximum atomic E-state index is 8.74. The van der Waals surface area contributed by atoms with Crippen LogP contribution in [0, 0.1) is 5.39 Å². The van der Waals surface area contributed by atoms with Crippen molar-refractivity contribution in [2.24, 2.45) is 0 Å². The van der Waals surface area contributed by atoms with Gasteiger partial charge in [-0.1, -0.05) is 0 Å². The number of rotatable bonds is 1. The summed E-state index contributed by atoms with van der Waals surface area (Å²) in [4.78, 5) is 5.49. The third kappa shape index (κ3) is 7.02. The van der Waals surface area contributed by atoms with Gasteiger partial charge in [-0.2, -0.15) is 8.42 Å². The quantitative estimate of drug-likeness (QED) is 0.515. The van der Waals surface area contributed by atoms with Gasteiger partial charge in [-0.3, -0.25) is 9.11 Å². The van der Waals surface area contributed by atoms with Gasteiger partial charge in [0.15, 0.2) is 4.98 Å². The van der Waals surface area contributed by atoms with E-state index in [2.05, 4.69) is 25.8 Å². The van der Waals surface area contributed by atoms with Gasteiger partial charge in [0.05, 0.1) is 5.69 Å². The molecule has 0 radical (unpaired) electrons. The number of diazo groups is 1. The molecule has 7 nitrogen and oxygen atoms in total. The Morgan fingerprint density at radius 2 is 1.75 bits per heavy atom. The highest BCUT2D eigenvalue weighted by Crippen LogP contribution is 2.32. The van der Waals surface area contributed by atoms with Gasteiger partial charge in [0.1, 0.15) is 0 Å². The van der Waals surface area contributed by atoms with Crippen molar-refractivity contribution in [3.05, 3.63) is 27.6 Å². The van der Waals surface area contributed by atoms with Crippen molar-refractivity contribution in [1.82, 2.24) is 0 Å². The largest absolute Gasteiger partial charge is 1.00 e. The second-order valence-corrected chi connectivity index (χ2v) is 5.63. The second-order valence-electron chi connectivity index (χ2n) is 3.88. The highest BCUT2D eigenvalue weighted by atomic mass is 79.9. The molecule has 0 aliphatic carbocycles. The van der Waals surface area contributed by atoms with Crippen molar-refractivity contribution in [2.75, 3.05) is 18.0 Å². The van der Waals surface area contributed by atoms with E-state index in [1.807, 2.05) is 18.2 Å². The Labute approximate surface area is 131 Å². The molecular weight excluding hydrogens is 374 g/mol. The Bertz CT molecular complexity index is 577. The molecule has 1 aromatic rings. The van der Waals surface area contributed by atoms with Crippen LogP contribution in [-0.2, 0) is 10.4 Å². The zero-order chi connectivity index (χ0) is 14.5. The number of benzene rings is 1. The summed E-state index contributed by atoms with van der Waals surface area (Å²) < 4.78 is 32.6. The Kier molecular flexibility index (Phi) is 8.00. The summed E-state index contributed by atoms with van der Waals surface area (Å²) >= 11 is 3.49. The Balaban J connectivity index is 0.000000526. The minimum absolute atomic E-state index is 0. The number of halogens is 2. The fourth-order valence-electron chi connectivity index (χ4n) is 1.77. The van der Waals surface area contributed by atoms with E-state index in [0.717, 1.165) is 17.6 Å². The molecule has 0 spiro atoms.